The van der Waals surface area contributed by atoms with Crippen LogP contribution in [-0.2, 0) is 4.74 Å². The molecule has 1 N–H and O–H groups in total. The fourth-order valence-electron chi connectivity index (χ4n) is 0.663. The molecule has 0 unspecified atom stereocenters. The minimum Gasteiger partial charge on any atom is -0.464 e. The van der Waals surface area contributed by atoms with E-state index in [1.54, 1.807) is 0 Å². The summed E-state index contributed by atoms with van der Waals surface area (Å²) in [7, 11) is 1.15. The van der Waals surface area contributed by atoms with Crippen molar-refractivity contribution in [3.05, 3.63) is 26.4 Å². The lowest BCUT2D eigenvalue weighted by Gasteiger charge is -1.99. The number of nitrogens with one attached hydrogen (secondary N) is 1. The van der Waals surface area contributed by atoms with Crippen LogP contribution in [0.15, 0.2) is 4.79 Å². The van der Waals surface area contributed by atoms with E-state index in [0.717, 1.165) is 7.11 Å². The molecule has 0 amide bonds. The van der Waals surface area contributed by atoms with Gasteiger partial charge in [-0.3, -0.25) is 9.78 Å². The number of carbonyl (C=O) groups excluding carboxylic acids is 1. The molecule has 0 atom stereocenters. The van der Waals surface area contributed by atoms with E-state index in [1.807, 2.05) is 0 Å². The van der Waals surface area contributed by atoms with Crippen LogP contribution in [0.4, 0.5) is 0 Å². The average Bonchev–Trinajstić information content (AvgIpc) is 2.10. The topological polar surface area (TPSA) is 72.0 Å². The minimum absolute atomic E-state index is 0.213. The third-order valence-corrected chi connectivity index (χ3v) is 1.74. The van der Waals surface area contributed by atoms with Gasteiger partial charge in [0.2, 0.25) is 5.28 Å². The summed E-state index contributed by atoms with van der Waals surface area (Å²) >= 11 is 10.9. The average molecular weight is 223 g/mol. The molecule has 5 nitrogen and oxygen atoms in total. The fourth-order valence-corrected chi connectivity index (χ4v) is 1.00. The van der Waals surface area contributed by atoms with E-state index in [4.69, 9.17) is 23.2 Å². The van der Waals surface area contributed by atoms with Crippen LogP contribution in [0, 0.1) is 0 Å². The summed E-state index contributed by atoms with van der Waals surface area (Å²) in [5.41, 5.74) is -0.972. The highest BCUT2D eigenvalue weighted by Gasteiger charge is 2.16. The van der Waals surface area contributed by atoms with Gasteiger partial charge in [0.15, 0.2) is 5.69 Å². The van der Waals surface area contributed by atoms with Gasteiger partial charge in [-0.2, -0.15) is 0 Å². The first-order chi connectivity index (χ1) is 6.06. The Morgan fingerprint density at radius 2 is 2.15 bits per heavy atom. The van der Waals surface area contributed by atoms with E-state index in [-0.39, 0.29) is 16.0 Å². The zero-order valence-electron chi connectivity index (χ0n) is 6.43. The van der Waals surface area contributed by atoms with Gasteiger partial charge in [0.1, 0.15) is 5.02 Å². The summed E-state index contributed by atoms with van der Waals surface area (Å²) in [6, 6.07) is 0. The van der Waals surface area contributed by atoms with Gasteiger partial charge in [-0.25, -0.2) is 9.78 Å². The first-order valence-corrected chi connectivity index (χ1v) is 3.85. The summed E-state index contributed by atoms with van der Waals surface area (Å²) in [5.74, 6) is -0.807. The van der Waals surface area contributed by atoms with Crippen molar-refractivity contribution in [2.24, 2.45) is 0 Å². The van der Waals surface area contributed by atoms with E-state index >= 15 is 0 Å². The maximum Gasteiger partial charge on any atom is 0.358 e. The largest absolute Gasteiger partial charge is 0.464 e. The predicted octanol–water partition coefficient (Wildman–Crippen LogP) is 0.863. The number of esters is 1. The van der Waals surface area contributed by atoms with Gasteiger partial charge in [-0.05, 0) is 11.6 Å². The number of rotatable bonds is 1. The zero-order chi connectivity index (χ0) is 10.0. The first kappa shape index (κ1) is 10.0. The normalized spacial score (nSPS) is 9.77. The molecule has 7 heteroatoms. The Labute approximate surface area is 82.6 Å². The number of hydrogen-bond acceptors (Lipinski definition) is 4. The Balaban J connectivity index is 3.37. The molecule has 0 aliphatic rings. The Morgan fingerprint density at radius 1 is 1.54 bits per heavy atom. The molecular formula is C6H4Cl2N2O3. The van der Waals surface area contributed by atoms with Crippen molar-refractivity contribution in [1.82, 2.24) is 9.97 Å². The van der Waals surface area contributed by atoms with Crippen LogP contribution < -0.4 is 5.56 Å². The van der Waals surface area contributed by atoms with Crippen molar-refractivity contribution in [2.45, 2.75) is 0 Å². The second-order valence-corrected chi connectivity index (χ2v) is 2.75. The van der Waals surface area contributed by atoms with E-state index in [0.29, 0.717) is 0 Å². The smallest absolute Gasteiger partial charge is 0.358 e. The number of halogens is 2. The highest BCUT2D eigenvalue weighted by molar-refractivity contribution is 6.33. The molecule has 0 saturated carbocycles. The summed E-state index contributed by atoms with van der Waals surface area (Å²) in [6.07, 6.45) is 0. The standard InChI is InChI=1S/C6H4Cl2N2O3/c1-13-5(12)3-2(7)4(11)10-6(8)9-3/h1H3,(H,9,10,11). The quantitative estimate of drug-likeness (QED) is 0.566. The second kappa shape index (κ2) is 3.76. The van der Waals surface area contributed by atoms with Crippen LogP contribution in [0.5, 0.6) is 0 Å². The van der Waals surface area contributed by atoms with Gasteiger partial charge in [0.25, 0.3) is 5.56 Å². The predicted molar refractivity (Wildman–Crippen MR) is 46.2 cm³/mol. The molecule has 0 aromatic carbocycles. The Morgan fingerprint density at radius 3 is 2.69 bits per heavy atom. The molecule has 70 valence electrons. The van der Waals surface area contributed by atoms with E-state index in [2.05, 4.69) is 14.7 Å². The molecule has 1 aromatic rings. The highest BCUT2D eigenvalue weighted by atomic mass is 35.5. The number of ether oxygens (including phenoxy) is 1. The van der Waals surface area contributed by atoms with Gasteiger partial charge >= 0.3 is 5.97 Å². The third-order valence-electron chi connectivity index (χ3n) is 1.21. The van der Waals surface area contributed by atoms with Crippen molar-refractivity contribution < 1.29 is 9.53 Å². The van der Waals surface area contributed by atoms with Crippen LogP contribution >= 0.6 is 23.2 Å². The second-order valence-electron chi connectivity index (χ2n) is 2.01. The Bertz CT molecular complexity index is 401. The summed E-state index contributed by atoms with van der Waals surface area (Å²) in [6.45, 7) is 0. The van der Waals surface area contributed by atoms with Gasteiger partial charge < -0.3 is 4.74 Å². The molecule has 0 bridgehead atoms. The number of aromatic nitrogens is 2. The summed E-state index contributed by atoms with van der Waals surface area (Å²) < 4.78 is 4.33. The van der Waals surface area contributed by atoms with Crippen LogP contribution in [0.1, 0.15) is 10.5 Å². The van der Waals surface area contributed by atoms with E-state index in [1.165, 1.54) is 0 Å². The highest BCUT2D eigenvalue weighted by Crippen LogP contribution is 2.10. The third kappa shape index (κ3) is 1.99. The molecule has 0 radical (unpaired) electrons. The van der Waals surface area contributed by atoms with Crippen LogP contribution in [-0.4, -0.2) is 23.0 Å². The lowest BCUT2D eigenvalue weighted by molar-refractivity contribution is 0.0594. The van der Waals surface area contributed by atoms with Gasteiger partial charge in [0, 0.05) is 0 Å². The molecule has 0 fully saturated rings. The zero-order valence-corrected chi connectivity index (χ0v) is 7.94. The molecular weight excluding hydrogens is 219 g/mol. The Kier molecular flexibility index (Phi) is 2.90. The van der Waals surface area contributed by atoms with Crippen molar-refractivity contribution in [2.75, 3.05) is 7.11 Å². The van der Waals surface area contributed by atoms with Crippen LogP contribution in [0.2, 0.25) is 10.3 Å². The molecule has 1 aromatic heterocycles. The lowest BCUT2D eigenvalue weighted by atomic mass is 10.4. The number of H-pyrrole nitrogens is 1. The molecule has 0 aliphatic heterocycles. The summed E-state index contributed by atoms with van der Waals surface area (Å²) in [5, 5.41) is -0.550. The van der Waals surface area contributed by atoms with E-state index in [9.17, 15) is 9.59 Å². The van der Waals surface area contributed by atoms with Crippen molar-refractivity contribution in [3.63, 3.8) is 0 Å². The number of methoxy groups -OCH3 is 1. The van der Waals surface area contributed by atoms with Crippen LogP contribution in [0.3, 0.4) is 0 Å². The van der Waals surface area contributed by atoms with E-state index < -0.39 is 11.5 Å². The van der Waals surface area contributed by atoms with Crippen molar-refractivity contribution in [1.29, 1.82) is 0 Å². The monoisotopic (exact) mass is 222 g/mol. The van der Waals surface area contributed by atoms with Gasteiger partial charge in [-0.15, -0.1) is 0 Å². The molecule has 1 rings (SSSR count). The summed E-state index contributed by atoms with van der Waals surface area (Å²) in [4.78, 5) is 27.5. The molecule has 13 heavy (non-hydrogen) atoms. The first-order valence-electron chi connectivity index (χ1n) is 3.10. The van der Waals surface area contributed by atoms with Gasteiger partial charge in [0.05, 0.1) is 7.11 Å². The number of carbonyl (C=O) groups is 1. The molecule has 0 aliphatic carbocycles. The maximum absolute atomic E-state index is 11.0. The molecule has 1 heterocycles. The number of aromatic amines is 1. The molecule has 0 saturated heterocycles. The number of nitrogens with zero attached hydrogens (tertiary/aromatic N) is 1. The van der Waals surface area contributed by atoms with Crippen molar-refractivity contribution in [3.8, 4) is 0 Å². The fraction of sp³-hybridized carbons (Fsp3) is 0.167. The van der Waals surface area contributed by atoms with Crippen LogP contribution in [0.25, 0.3) is 0 Å². The molecule has 0 spiro atoms. The maximum atomic E-state index is 11.0. The lowest BCUT2D eigenvalue weighted by Crippen LogP contribution is -2.16. The van der Waals surface area contributed by atoms with Crippen molar-refractivity contribution >= 4 is 29.2 Å². The SMILES string of the molecule is COC(=O)c1nc(Cl)[nH]c(=O)c1Cl. The van der Waals surface area contributed by atoms with Gasteiger partial charge in [-0.1, -0.05) is 11.6 Å². The number of hydrogen-bond donors (Lipinski definition) is 1. The Hall–Kier alpha value is -1.07. The minimum atomic E-state index is -0.807.